The van der Waals surface area contributed by atoms with Gasteiger partial charge in [0.2, 0.25) is 10.0 Å². The summed E-state index contributed by atoms with van der Waals surface area (Å²) in [5.74, 6) is -0.158. The van der Waals surface area contributed by atoms with Gasteiger partial charge in [-0.05, 0) is 36.4 Å². The van der Waals surface area contributed by atoms with E-state index in [-0.39, 0.29) is 10.8 Å². The van der Waals surface area contributed by atoms with Crippen LogP contribution in [0.3, 0.4) is 0 Å². The molecule has 0 bridgehead atoms. The van der Waals surface area contributed by atoms with Crippen LogP contribution in [0.5, 0.6) is 0 Å². The van der Waals surface area contributed by atoms with Crippen LogP contribution < -0.4 is 4.72 Å². The molecule has 2 aromatic carbocycles. The fourth-order valence-corrected chi connectivity index (χ4v) is 4.64. The van der Waals surface area contributed by atoms with Gasteiger partial charge < -0.3 is 9.64 Å². The number of hydrogen-bond donors (Lipinski definition) is 1. The van der Waals surface area contributed by atoms with Crippen LogP contribution in [-0.2, 0) is 21.2 Å². The molecule has 0 aliphatic carbocycles. The Kier molecular flexibility index (Phi) is 7.12. The first-order valence-corrected chi connectivity index (χ1v) is 11.8. The molecule has 1 fully saturated rings. The van der Waals surface area contributed by atoms with E-state index in [1.807, 2.05) is 36.6 Å². The summed E-state index contributed by atoms with van der Waals surface area (Å²) in [7, 11) is -3.70. The molecular weight excluding hydrogens is 396 g/mol. The highest BCUT2D eigenvalue weighted by atomic mass is 32.2. The van der Waals surface area contributed by atoms with Gasteiger partial charge in [0.1, 0.15) is 0 Å². The largest absolute Gasteiger partial charge is 0.378 e. The first-order valence-electron chi connectivity index (χ1n) is 9.10. The number of rotatable bonds is 7. The van der Waals surface area contributed by atoms with E-state index in [4.69, 9.17) is 4.74 Å². The molecule has 0 spiro atoms. The number of amides is 1. The van der Waals surface area contributed by atoms with Crippen molar-refractivity contribution in [1.82, 2.24) is 9.62 Å². The van der Waals surface area contributed by atoms with Gasteiger partial charge in [-0.25, -0.2) is 13.1 Å². The summed E-state index contributed by atoms with van der Waals surface area (Å²) in [5, 5.41) is 0. The highest BCUT2D eigenvalue weighted by Gasteiger charge is 2.23. The van der Waals surface area contributed by atoms with Gasteiger partial charge in [0.15, 0.2) is 0 Å². The van der Waals surface area contributed by atoms with Crippen molar-refractivity contribution in [2.45, 2.75) is 16.2 Å². The normalized spacial score (nSPS) is 14.8. The zero-order chi connectivity index (χ0) is 20.0. The predicted octanol–water partition coefficient (Wildman–Crippen LogP) is 2.40. The summed E-state index contributed by atoms with van der Waals surface area (Å²) in [6, 6.07) is 14.4. The Morgan fingerprint density at radius 2 is 1.86 bits per heavy atom. The number of nitrogens with one attached hydrogen (secondary N) is 1. The molecule has 1 saturated heterocycles. The van der Waals surface area contributed by atoms with Gasteiger partial charge in [0, 0.05) is 24.5 Å². The average Bonchev–Trinajstić information content (AvgIpc) is 2.74. The quantitative estimate of drug-likeness (QED) is 0.696. The van der Waals surface area contributed by atoms with Crippen molar-refractivity contribution < 1.29 is 17.9 Å². The second-order valence-corrected chi connectivity index (χ2v) is 9.02. The van der Waals surface area contributed by atoms with Crippen molar-refractivity contribution in [2.24, 2.45) is 0 Å². The van der Waals surface area contributed by atoms with Crippen LogP contribution >= 0.6 is 11.8 Å². The van der Waals surface area contributed by atoms with E-state index in [2.05, 4.69) is 4.72 Å². The van der Waals surface area contributed by atoms with Gasteiger partial charge in [0.25, 0.3) is 5.91 Å². The number of nitrogens with zero attached hydrogens (tertiary/aromatic N) is 1. The molecule has 6 nitrogen and oxygen atoms in total. The van der Waals surface area contributed by atoms with E-state index in [1.165, 1.54) is 17.8 Å². The monoisotopic (exact) mass is 420 g/mol. The second kappa shape index (κ2) is 9.56. The van der Waals surface area contributed by atoms with Gasteiger partial charge >= 0.3 is 0 Å². The first kappa shape index (κ1) is 20.9. The lowest BCUT2D eigenvalue weighted by molar-refractivity contribution is 0.0300. The maximum atomic E-state index is 12.9. The van der Waals surface area contributed by atoms with E-state index in [1.54, 1.807) is 17.0 Å². The molecule has 0 saturated carbocycles. The van der Waals surface area contributed by atoms with Crippen LogP contribution in [0.15, 0.2) is 58.3 Å². The molecule has 0 radical (unpaired) electrons. The lowest BCUT2D eigenvalue weighted by Crippen LogP contribution is -2.41. The Bertz CT molecular complexity index is 911. The Labute approximate surface area is 170 Å². The Morgan fingerprint density at radius 1 is 1.14 bits per heavy atom. The van der Waals surface area contributed by atoms with Crippen molar-refractivity contribution in [1.29, 1.82) is 0 Å². The summed E-state index contributed by atoms with van der Waals surface area (Å²) in [6.07, 6.45) is 2.47. The number of morpholine rings is 1. The van der Waals surface area contributed by atoms with Gasteiger partial charge in [-0.2, -0.15) is 0 Å². The van der Waals surface area contributed by atoms with Gasteiger partial charge in [-0.3, -0.25) is 4.79 Å². The fraction of sp³-hybridized carbons (Fsp3) is 0.350. The highest BCUT2D eigenvalue weighted by Crippen LogP contribution is 2.25. The number of ether oxygens (including phenoxy) is 1. The van der Waals surface area contributed by atoms with Gasteiger partial charge in [0.05, 0.1) is 23.7 Å². The molecule has 0 aromatic heterocycles. The minimum Gasteiger partial charge on any atom is -0.378 e. The minimum atomic E-state index is -3.70. The topological polar surface area (TPSA) is 75.7 Å². The molecule has 0 unspecified atom stereocenters. The van der Waals surface area contributed by atoms with Crippen molar-refractivity contribution in [2.75, 3.05) is 39.1 Å². The molecule has 28 heavy (non-hydrogen) atoms. The molecule has 0 atom stereocenters. The van der Waals surface area contributed by atoms with E-state index in [0.29, 0.717) is 44.8 Å². The fourth-order valence-electron chi connectivity index (χ4n) is 3.02. The zero-order valence-corrected chi connectivity index (χ0v) is 17.4. The van der Waals surface area contributed by atoms with E-state index < -0.39 is 10.0 Å². The average molecular weight is 421 g/mol. The predicted molar refractivity (Wildman–Crippen MR) is 110 cm³/mol. The Balaban J connectivity index is 1.76. The summed E-state index contributed by atoms with van der Waals surface area (Å²) in [6.45, 7) is 2.32. The molecule has 1 aliphatic heterocycles. The van der Waals surface area contributed by atoms with Crippen molar-refractivity contribution in [3.05, 3.63) is 59.7 Å². The van der Waals surface area contributed by atoms with Gasteiger partial charge in [-0.1, -0.05) is 30.3 Å². The Morgan fingerprint density at radius 3 is 2.54 bits per heavy atom. The zero-order valence-electron chi connectivity index (χ0n) is 15.8. The molecule has 1 N–H and O–H groups in total. The van der Waals surface area contributed by atoms with Crippen LogP contribution in [0.4, 0.5) is 0 Å². The standard InChI is InChI=1S/C20H24N2O4S2/c1-27-19-8-7-17(15-18(19)20(23)22-11-13-26-14-12-22)28(24,25)21-10-9-16-5-3-2-4-6-16/h2-8,15,21H,9-14H2,1H3. The number of hydrogen-bond acceptors (Lipinski definition) is 5. The molecule has 1 amide bonds. The SMILES string of the molecule is CSc1ccc(S(=O)(=O)NCCc2ccccc2)cc1C(=O)N1CCOCC1. The Hall–Kier alpha value is -1.87. The van der Waals surface area contributed by atoms with Crippen LogP contribution in [-0.4, -0.2) is 58.3 Å². The lowest BCUT2D eigenvalue weighted by Gasteiger charge is -2.27. The molecule has 2 aromatic rings. The van der Waals surface area contributed by atoms with Crippen LogP contribution in [0.2, 0.25) is 0 Å². The van der Waals surface area contributed by atoms with Crippen LogP contribution in [0, 0.1) is 0 Å². The van der Waals surface area contributed by atoms with Gasteiger partial charge in [-0.15, -0.1) is 11.8 Å². The summed E-state index contributed by atoms with van der Waals surface area (Å²) < 4.78 is 33.3. The third-order valence-corrected chi connectivity index (χ3v) is 6.81. The molecule has 150 valence electrons. The molecule has 1 aliphatic rings. The van der Waals surface area contributed by atoms with Crippen molar-refractivity contribution in [3.63, 3.8) is 0 Å². The number of thioether (sulfide) groups is 1. The van der Waals surface area contributed by atoms with Crippen LogP contribution in [0.1, 0.15) is 15.9 Å². The number of benzene rings is 2. The lowest BCUT2D eigenvalue weighted by atomic mass is 10.2. The number of carbonyl (C=O) groups is 1. The first-order chi connectivity index (χ1) is 13.5. The third kappa shape index (κ3) is 5.14. The smallest absolute Gasteiger partial charge is 0.255 e. The molecular formula is C20H24N2O4S2. The maximum Gasteiger partial charge on any atom is 0.255 e. The van der Waals surface area contributed by atoms with E-state index >= 15 is 0 Å². The van der Waals surface area contributed by atoms with Crippen LogP contribution in [0.25, 0.3) is 0 Å². The summed E-state index contributed by atoms with van der Waals surface area (Å²) in [4.78, 5) is 15.5. The molecule has 3 rings (SSSR count). The molecule has 1 heterocycles. The highest BCUT2D eigenvalue weighted by molar-refractivity contribution is 7.98. The van der Waals surface area contributed by atoms with Crippen molar-refractivity contribution >= 4 is 27.7 Å². The third-order valence-electron chi connectivity index (χ3n) is 4.56. The maximum absolute atomic E-state index is 12.9. The summed E-state index contributed by atoms with van der Waals surface area (Å²) in [5.41, 5.74) is 1.48. The molecule has 8 heteroatoms. The minimum absolute atomic E-state index is 0.106. The second-order valence-electron chi connectivity index (χ2n) is 6.40. The van der Waals surface area contributed by atoms with E-state index in [9.17, 15) is 13.2 Å². The van der Waals surface area contributed by atoms with Crippen molar-refractivity contribution in [3.8, 4) is 0 Å². The number of carbonyl (C=O) groups excluding carboxylic acids is 1. The number of sulfonamides is 1. The van der Waals surface area contributed by atoms with E-state index in [0.717, 1.165) is 10.5 Å². The summed E-state index contributed by atoms with van der Waals surface area (Å²) >= 11 is 1.43.